The van der Waals surface area contributed by atoms with Crippen molar-refractivity contribution >= 4 is 23.6 Å². The van der Waals surface area contributed by atoms with Crippen LogP contribution in [0.2, 0.25) is 0 Å². The van der Waals surface area contributed by atoms with Gasteiger partial charge < -0.3 is 0 Å². The number of nitrogens with zero attached hydrogens (tertiary/aromatic N) is 1. The first-order valence-electron chi connectivity index (χ1n) is 4.25. The molecular formula is C8H11NO2S. The van der Waals surface area contributed by atoms with Crippen molar-refractivity contribution in [2.75, 3.05) is 5.75 Å². The van der Waals surface area contributed by atoms with Crippen LogP contribution in [-0.2, 0) is 9.59 Å². The van der Waals surface area contributed by atoms with Crippen molar-refractivity contribution in [2.24, 2.45) is 0 Å². The molecule has 2 aliphatic rings. The molecule has 0 N–H and O–H groups in total. The number of imide groups is 1. The van der Waals surface area contributed by atoms with Gasteiger partial charge in [0.25, 0.3) is 0 Å². The predicted octanol–water partition coefficient (Wildman–Crippen LogP) is 0.989. The van der Waals surface area contributed by atoms with Crippen molar-refractivity contribution in [3.05, 3.63) is 0 Å². The molecule has 1 atom stereocenters. The summed E-state index contributed by atoms with van der Waals surface area (Å²) in [5.41, 5.74) is 0. The lowest BCUT2D eigenvalue weighted by Crippen LogP contribution is -2.35. The Morgan fingerprint density at radius 2 is 1.92 bits per heavy atom. The maximum absolute atomic E-state index is 11.3. The molecule has 0 aromatic heterocycles. The van der Waals surface area contributed by atoms with Crippen molar-refractivity contribution in [1.82, 2.24) is 4.90 Å². The third-order valence-electron chi connectivity index (χ3n) is 2.28. The number of rotatable bonds is 1. The summed E-state index contributed by atoms with van der Waals surface area (Å²) in [6, 6.07) is 0. The smallest absolute Gasteiger partial charge is 0.230 e. The molecule has 3 nitrogen and oxygen atoms in total. The van der Waals surface area contributed by atoms with Gasteiger partial charge >= 0.3 is 0 Å². The van der Waals surface area contributed by atoms with E-state index < -0.39 is 0 Å². The van der Waals surface area contributed by atoms with Gasteiger partial charge in [-0.15, -0.1) is 11.8 Å². The van der Waals surface area contributed by atoms with Crippen LogP contribution >= 0.6 is 11.8 Å². The molecule has 2 heterocycles. The Hall–Kier alpha value is -0.510. The Morgan fingerprint density at radius 3 is 2.42 bits per heavy atom. The van der Waals surface area contributed by atoms with E-state index in [9.17, 15) is 9.59 Å². The molecule has 2 rings (SSSR count). The largest absolute Gasteiger partial charge is 0.274 e. The molecule has 0 spiro atoms. The Labute approximate surface area is 75.5 Å². The molecule has 2 aliphatic heterocycles. The zero-order valence-corrected chi connectivity index (χ0v) is 7.60. The summed E-state index contributed by atoms with van der Waals surface area (Å²) in [5.74, 6) is 1.14. The molecule has 2 saturated heterocycles. The third kappa shape index (κ3) is 1.24. The number of likely N-dealkylation sites (tertiary alicyclic amines) is 1. The van der Waals surface area contributed by atoms with Gasteiger partial charge in [-0.1, -0.05) is 0 Å². The summed E-state index contributed by atoms with van der Waals surface area (Å²) >= 11 is 1.73. The molecular weight excluding hydrogens is 174 g/mol. The van der Waals surface area contributed by atoms with Gasteiger partial charge in [-0.3, -0.25) is 14.5 Å². The Bertz CT molecular complexity index is 207. The summed E-state index contributed by atoms with van der Waals surface area (Å²) in [7, 11) is 0. The number of carbonyl (C=O) groups is 2. The molecule has 12 heavy (non-hydrogen) atoms. The zero-order chi connectivity index (χ0) is 8.55. The van der Waals surface area contributed by atoms with Crippen LogP contribution in [0.25, 0.3) is 0 Å². The average molecular weight is 185 g/mol. The van der Waals surface area contributed by atoms with Crippen LogP contribution in [0.15, 0.2) is 0 Å². The van der Waals surface area contributed by atoms with Gasteiger partial charge in [0, 0.05) is 12.8 Å². The maximum atomic E-state index is 11.3. The van der Waals surface area contributed by atoms with Crippen LogP contribution < -0.4 is 0 Å². The maximum Gasteiger partial charge on any atom is 0.230 e. The second kappa shape index (κ2) is 3.09. The molecule has 0 bridgehead atoms. The lowest BCUT2D eigenvalue weighted by Gasteiger charge is -2.20. The molecule has 2 fully saturated rings. The molecule has 0 aromatic rings. The van der Waals surface area contributed by atoms with Gasteiger partial charge in [-0.25, -0.2) is 0 Å². The first kappa shape index (κ1) is 8.10. The van der Waals surface area contributed by atoms with Gasteiger partial charge in [0.15, 0.2) is 0 Å². The first-order chi connectivity index (χ1) is 5.79. The number of hydrogen-bond donors (Lipinski definition) is 0. The zero-order valence-electron chi connectivity index (χ0n) is 6.78. The van der Waals surface area contributed by atoms with Crippen molar-refractivity contribution in [2.45, 2.75) is 31.1 Å². The van der Waals surface area contributed by atoms with E-state index in [0.717, 1.165) is 18.6 Å². The molecule has 0 saturated carbocycles. The highest BCUT2D eigenvalue weighted by Crippen LogP contribution is 2.32. The fraction of sp³-hybridized carbons (Fsp3) is 0.750. The fourth-order valence-electron chi connectivity index (χ4n) is 1.68. The van der Waals surface area contributed by atoms with Crippen LogP contribution in [0.5, 0.6) is 0 Å². The van der Waals surface area contributed by atoms with E-state index in [0.29, 0.717) is 12.8 Å². The van der Waals surface area contributed by atoms with Crippen LogP contribution in [0.1, 0.15) is 25.7 Å². The summed E-state index contributed by atoms with van der Waals surface area (Å²) < 4.78 is 0. The Kier molecular flexibility index (Phi) is 2.09. The highest BCUT2D eigenvalue weighted by Gasteiger charge is 2.36. The number of carbonyl (C=O) groups excluding carboxylic acids is 2. The summed E-state index contributed by atoms with van der Waals surface area (Å²) in [5, 5.41) is 0.160. The van der Waals surface area contributed by atoms with Gasteiger partial charge in [0.05, 0.1) is 5.37 Å². The van der Waals surface area contributed by atoms with E-state index in [1.807, 2.05) is 0 Å². The first-order valence-corrected chi connectivity index (χ1v) is 5.30. The van der Waals surface area contributed by atoms with E-state index in [-0.39, 0.29) is 17.2 Å². The van der Waals surface area contributed by atoms with E-state index >= 15 is 0 Å². The Morgan fingerprint density at radius 1 is 1.25 bits per heavy atom. The van der Waals surface area contributed by atoms with Gasteiger partial charge in [-0.2, -0.15) is 0 Å². The molecule has 0 aromatic carbocycles. The van der Waals surface area contributed by atoms with Crippen molar-refractivity contribution in [1.29, 1.82) is 0 Å². The van der Waals surface area contributed by atoms with Gasteiger partial charge in [-0.05, 0) is 18.6 Å². The van der Waals surface area contributed by atoms with Crippen LogP contribution in [0.4, 0.5) is 0 Å². The third-order valence-corrected chi connectivity index (χ3v) is 3.64. The molecule has 2 amide bonds. The standard InChI is InChI=1S/C8H11NO2S/c10-6-3-4-7(11)9(6)8-2-1-5-12-8/h8H,1-5H2. The highest BCUT2D eigenvalue weighted by atomic mass is 32.2. The van der Waals surface area contributed by atoms with Crippen molar-refractivity contribution in [3.63, 3.8) is 0 Å². The monoisotopic (exact) mass is 185 g/mol. The summed E-state index contributed by atoms with van der Waals surface area (Å²) in [6.07, 6.45) is 2.97. The lowest BCUT2D eigenvalue weighted by atomic mass is 10.3. The summed E-state index contributed by atoms with van der Waals surface area (Å²) in [6.45, 7) is 0. The average Bonchev–Trinajstić information content (AvgIpc) is 2.61. The number of amides is 2. The van der Waals surface area contributed by atoms with Crippen LogP contribution in [0, 0.1) is 0 Å². The van der Waals surface area contributed by atoms with E-state index in [4.69, 9.17) is 0 Å². The molecule has 1 unspecified atom stereocenters. The van der Waals surface area contributed by atoms with Gasteiger partial charge in [0.1, 0.15) is 0 Å². The van der Waals surface area contributed by atoms with E-state index in [1.54, 1.807) is 11.8 Å². The van der Waals surface area contributed by atoms with E-state index in [1.165, 1.54) is 4.90 Å². The summed E-state index contributed by atoms with van der Waals surface area (Å²) in [4.78, 5) is 24.0. The topological polar surface area (TPSA) is 37.4 Å². The molecule has 0 aliphatic carbocycles. The SMILES string of the molecule is O=C1CCC(=O)N1C1CCCS1. The minimum Gasteiger partial charge on any atom is -0.274 e. The van der Waals surface area contributed by atoms with Crippen molar-refractivity contribution < 1.29 is 9.59 Å². The minimum absolute atomic E-state index is 0.0272. The predicted molar refractivity (Wildman–Crippen MR) is 46.6 cm³/mol. The number of thioether (sulfide) groups is 1. The lowest BCUT2D eigenvalue weighted by molar-refractivity contribution is -0.139. The van der Waals surface area contributed by atoms with Crippen LogP contribution in [0.3, 0.4) is 0 Å². The van der Waals surface area contributed by atoms with Gasteiger partial charge in [0.2, 0.25) is 11.8 Å². The van der Waals surface area contributed by atoms with Crippen molar-refractivity contribution in [3.8, 4) is 0 Å². The fourth-order valence-corrected chi connectivity index (χ4v) is 3.00. The minimum atomic E-state index is 0.0272. The molecule has 4 heteroatoms. The normalized spacial score (nSPS) is 30.3. The Balaban J connectivity index is 2.09. The number of hydrogen-bond acceptors (Lipinski definition) is 3. The van der Waals surface area contributed by atoms with E-state index in [2.05, 4.69) is 0 Å². The molecule has 66 valence electrons. The quantitative estimate of drug-likeness (QED) is 0.572. The second-order valence-electron chi connectivity index (χ2n) is 3.13. The van der Waals surface area contributed by atoms with Crippen LogP contribution in [-0.4, -0.2) is 27.8 Å². The second-order valence-corrected chi connectivity index (χ2v) is 4.41. The highest BCUT2D eigenvalue weighted by molar-refractivity contribution is 8.00. The molecule has 0 radical (unpaired) electrons.